The molecule has 3 nitrogen and oxygen atoms in total. The van der Waals surface area contributed by atoms with Crippen LogP contribution in [0.3, 0.4) is 0 Å². The molecule has 0 aromatic rings. The molecule has 3 heteroatoms. The molecule has 1 unspecified atom stereocenters. The van der Waals surface area contributed by atoms with Crippen molar-refractivity contribution in [1.29, 1.82) is 0 Å². The summed E-state index contributed by atoms with van der Waals surface area (Å²) in [6, 6.07) is 0. The maximum absolute atomic E-state index is 10.2. The molecule has 84 valence electrons. The quantitative estimate of drug-likeness (QED) is 0.565. The summed E-state index contributed by atoms with van der Waals surface area (Å²) in [5.74, 6) is -0.913. The molecule has 0 aliphatic rings. The van der Waals surface area contributed by atoms with E-state index in [1.54, 1.807) is 0 Å². The molecule has 0 aromatic heterocycles. The van der Waals surface area contributed by atoms with Gasteiger partial charge in [0, 0.05) is 0 Å². The molecule has 0 rings (SSSR count). The van der Waals surface area contributed by atoms with Gasteiger partial charge in [0.05, 0.1) is 12.5 Å². The topological polar surface area (TPSA) is 57.5 Å². The van der Waals surface area contributed by atoms with Crippen molar-refractivity contribution in [2.45, 2.75) is 64.4 Å². The summed E-state index contributed by atoms with van der Waals surface area (Å²) in [6.07, 6.45) is 6.87. The summed E-state index contributed by atoms with van der Waals surface area (Å²) in [7, 11) is 0. The van der Waals surface area contributed by atoms with Crippen LogP contribution in [0.25, 0.3) is 0 Å². The van der Waals surface area contributed by atoms with E-state index in [9.17, 15) is 9.90 Å². The van der Waals surface area contributed by atoms with Crippen molar-refractivity contribution in [2.75, 3.05) is 0 Å². The Morgan fingerprint density at radius 1 is 1.14 bits per heavy atom. The van der Waals surface area contributed by atoms with Gasteiger partial charge in [-0.05, 0) is 6.42 Å². The number of rotatable bonds is 9. The first-order valence-corrected chi connectivity index (χ1v) is 5.56. The Hall–Kier alpha value is -0.570. The van der Waals surface area contributed by atoms with Crippen LogP contribution in [-0.2, 0) is 4.79 Å². The van der Waals surface area contributed by atoms with E-state index in [4.69, 9.17) is 5.11 Å². The third kappa shape index (κ3) is 9.52. The highest BCUT2D eigenvalue weighted by Crippen LogP contribution is 2.09. The smallest absolute Gasteiger partial charge is 0.305 e. The summed E-state index contributed by atoms with van der Waals surface area (Å²) in [5.41, 5.74) is 0. The fourth-order valence-corrected chi connectivity index (χ4v) is 1.46. The van der Waals surface area contributed by atoms with E-state index in [2.05, 4.69) is 6.92 Å². The van der Waals surface area contributed by atoms with Gasteiger partial charge < -0.3 is 10.2 Å². The van der Waals surface area contributed by atoms with Crippen molar-refractivity contribution in [1.82, 2.24) is 0 Å². The second kappa shape index (κ2) is 9.00. The molecule has 1 atom stereocenters. The number of carboxylic acids is 1. The standard InChI is InChI=1S/C11H22O3/c1-2-3-4-5-6-7-8-10(12)9-11(13)14/h10,12H,2-9H2,1H3,(H,13,14). The van der Waals surface area contributed by atoms with Crippen LogP contribution >= 0.6 is 0 Å². The van der Waals surface area contributed by atoms with E-state index in [-0.39, 0.29) is 6.42 Å². The first kappa shape index (κ1) is 13.4. The maximum Gasteiger partial charge on any atom is 0.305 e. The molecule has 0 saturated heterocycles. The largest absolute Gasteiger partial charge is 0.481 e. The lowest BCUT2D eigenvalue weighted by atomic mass is 10.1. The lowest BCUT2D eigenvalue weighted by Crippen LogP contribution is -2.12. The van der Waals surface area contributed by atoms with E-state index in [1.165, 1.54) is 25.7 Å². The van der Waals surface area contributed by atoms with Crippen LogP contribution in [-0.4, -0.2) is 22.3 Å². The maximum atomic E-state index is 10.2. The summed E-state index contributed by atoms with van der Waals surface area (Å²) < 4.78 is 0. The van der Waals surface area contributed by atoms with Crippen LogP contribution in [0.15, 0.2) is 0 Å². The molecule has 14 heavy (non-hydrogen) atoms. The predicted octanol–water partition coefficient (Wildman–Crippen LogP) is 2.57. The molecule has 0 fully saturated rings. The van der Waals surface area contributed by atoms with Crippen LogP contribution in [0.2, 0.25) is 0 Å². The van der Waals surface area contributed by atoms with Crippen molar-refractivity contribution in [3.05, 3.63) is 0 Å². The highest BCUT2D eigenvalue weighted by atomic mass is 16.4. The van der Waals surface area contributed by atoms with E-state index >= 15 is 0 Å². The lowest BCUT2D eigenvalue weighted by molar-refractivity contribution is -0.139. The molecule has 0 aromatic carbocycles. The van der Waals surface area contributed by atoms with Gasteiger partial charge >= 0.3 is 5.97 Å². The number of carboxylic acid groups (broad SMARTS) is 1. The minimum absolute atomic E-state index is 0.116. The summed E-state index contributed by atoms with van der Waals surface area (Å²) in [5, 5.41) is 17.6. The number of carbonyl (C=O) groups is 1. The number of aliphatic hydroxyl groups excluding tert-OH is 1. The number of unbranched alkanes of at least 4 members (excludes halogenated alkanes) is 5. The average Bonchev–Trinajstić information content (AvgIpc) is 2.10. The Morgan fingerprint density at radius 3 is 2.29 bits per heavy atom. The van der Waals surface area contributed by atoms with Gasteiger partial charge in [0.25, 0.3) is 0 Å². The van der Waals surface area contributed by atoms with Crippen LogP contribution in [0, 0.1) is 0 Å². The summed E-state index contributed by atoms with van der Waals surface area (Å²) in [4.78, 5) is 10.2. The Labute approximate surface area is 86.1 Å². The Balaban J connectivity index is 3.14. The van der Waals surface area contributed by atoms with Gasteiger partial charge in [0.2, 0.25) is 0 Å². The molecule has 0 aliphatic carbocycles. The average molecular weight is 202 g/mol. The molecule has 0 bridgehead atoms. The second-order valence-corrected chi connectivity index (χ2v) is 3.81. The molecule has 0 radical (unpaired) electrons. The molecular weight excluding hydrogens is 180 g/mol. The molecule has 0 aliphatic heterocycles. The van der Waals surface area contributed by atoms with Gasteiger partial charge in [-0.15, -0.1) is 0 Å². The van der Waals surface area contributed by atoms with Gasteiger partial charge in [-0.2, -0.15) is 0 Å². The van der Waals surface area contributed by atoms with Crippen molar-refractivity contribution >= 4 is 5.97 Å². The van der Waals surface area contributed by atoms with E-state index in [0.29, 0.717) is 6.42 Å². The monoisotopic (exact) mass is 202 g/mol. The SMILES string of the molecule is CCCCCCCCC(O)CC(=O)O. The third-order valence-electron chi connectivity index (χ3n) is 2.30. The van der Waals surface area contributed by atoms with E-state index in [1.807, 2.05) is 0 Å². The van der Waals surface area contributed by atoms with Crippen LogP contribution in [0.5, 0.6) is 0 Å². The van der Waals surface area contributed by atoms with Crippen molar-refractivity contribution < 1.29 is 15.0 Å². The van der Waals surface area contributed by atoms with Gasteiger partial charge in [0.15, 0.2) is 0 Å². The normalized spacial score (nSPS) is 12.7. The zero-order valence-corrected chi connectivity index (χ0v) is 9.04. The van der Waals surface area contributed by atoms with Crippen LogP contribution < -0.4 is 0 Å². The first-order chi connectivity index (χ1) is 6.66. The molecule has 2 N–H and O–H groups in total. The lowest BCUT2D eigenvalue weighted by Gasteiger charge is -2.06. The zero-order chi connectivity index (χ0) is 10.8. The zero-order valence-electron chi connectivity index (χ0n) is 9.04. The Kier molecular flexibility index (Phi) is 8.64. The predicted molar refractivity (Wildman–Crippen MR) is 56.3 cm³/mol. The molecule has 0 saturated carbocycles. The Morgan fingerprint density at radius 2 is 1.71 bits per heavy atom. The van der Waals surface area contributed by atoms with Gasteiger partial charge in [-0.25, -0.2) is 0 Å². The summed E-state index contributed by atoms with van der Waals surface area (Å²) >= 11 is 0. The number of aliphatic hydroxyl groups is 1. The Bertz CT molecular complexity index is 145. The second-order valence-electron chi connectivity index (χ2n) is 3.81. The van der Waals surface area contributed by atoms with Gasteiger partial charge in [-0.1, -0.05) is 45.4 Å². The number of hydrogen-bond acceptors (Lipinski definition) is 2. The minimum Gasteiger partial charge on any atom is -0.481 e. The minimum atomic E-state index is -0.913. The van der Waals surface area contributed by atoms with E-state index < -0.39 is 12.1 Å². The highest BCUT2D eigenvalue weighted by molar-refractivity contribution is 5.67. The molecule has 0 heterocycles. The summed E-state index contributed by atoms with van der Waals surface area (Å²) in [6.45, 7) is 2.18. The van der Waals surface area contributed by atoms with Crippen molar-refractivity contribution in [3.8, 4) is 0 Å². The van der Waals surface area contributed by atoms with Gasteiger partial charge in [-0.3, -0.25) is 4.79 Å². The first-order valence-electron chi connectivity index (χ1n) is 5.56. The number of aliphatic carboxylic acids is 1. The van der Waals surface area contributed by atoms with Crippen LogP contribution in [0.4, 0.5) is 0 Å². The fourth-order valence-electron chi connectivity index (χ4n) is 1.46. The molecular formula is C11H22O3. The van der Waals surface area contributed by atoms with Crippen LogP contribution in [0.1, 0.15) is 58.3 Å². The van der Waals surface area contributed by atoms with Crippen molar-refractivity contribution in [3.63, 3.8) is 0 Å². The van der Waals surface area contributed by atoms with Crippen molar-refractivity contribution in [2.24, 2.45) is 0 Å². The highest BCUT2D eigenvalue weighted by Gasteiger charge is 2.08. The number of hydrogen-bond donors (Lipinski definition) is 2. The van der Waals surface area contributed by atoms with E-state index in [0.717, 1.165) is 12.8 Å². The molecule has 0 spiro atoms. The fraction of sp³-hybridized carbons (Fsp3) is 0.909. The van der Waals surface area contributed by atoms with Gasteiger partial charge in [0.1, 0.15) is 0 Å². The molecule has 0 amide bonds. The third-order valence-corrected chi connectivity index (χ3v) is 2.30.